The minimum absolute atomic E-state index is 0.0972. The summed E-state index contributed by atoms with van der Waals surface area (Å²) in [5, 5.41) is 11.0. The molecule has 3 aromatic rings. The summed E-state index contributed by atoms with van der Waals surface area (Å²) in [4.78, 5) is 12.3. The number of carbonyl (C=O) groups excluding carboxylic acids is 1. The Bertz CT molecular complexity index is 1000. The molecule has 0 spiro atoms. The number of aromatic nitrogens is 2. The van der Waals surface area contributed by atoms with Crippen molar-refractivity contribution in [1.29, 1.82) is 0 Å². The van der Waals surface area contributed by atoms with E-state index >= 15 is 0 Å². The Morgan fingerprint density at radius 3 is 2.50 bits per heavy atom. The van der Waals surface area contributed by atoms with Crippen LogP contribution in [0.1, 0.15) is 17.0 Å². The fourth-order valence-corrected chi connectivity index (χ4v) is 3.32. The maximum Gasteiger partial charge on any atom is 0.277 e. The summed E-state index contributed by atoms with van der Waals surface area (Å²) in [6.45, 7) is 4.17. The number of hydrogen-bond acceptors (Lipinski definition) is 8. The number of methoxy groups -OCH3 is 2. The van der Waals surface area contributed by atoms with Gasteiger partial charge in [0, 0.05) is 6.07 Å². The van der Waals surface area contributed by atoms with Crippen LogP contribution < -0.4 is 19.5 Å². The number of aryl methyl sites for hydroxylation is 2. The molecule has 1 amide bonds. The van der Waals surface area contributed by atoms with Crippen molar-refractivity contribution >= 4 is 23.4 Å². The second kappa shape index (κ2) is 10.0. The molecule has 1 aromatic heterocycles. The Kier molecular flexibility index (Phi) is 7.18. The number of nitrogens with zero attached hydrogens (tertiary/aromatic N) is 2. The topological polar surface area (TPSA) is 95.7 Å². The van der Waals surface area contributed by atoms with E-state index in [0.29, 0.717) is 28.3 Å². The van der Waals surface area contributed by atoms with E-state index in [0.717, 1.165) is 28.6 Å². The van der Waals surface area contributed by atoms with Crippen molar-refractivity contribution in [3.8, 4) is 17.2 Å². The van der Waals surface area contributed by atoms with Gasteiger partial charge in [0.15, 0.2) is 6.61 Å². The Morgan fingerprint density at radius 2 is 1.80 bits per heavy atom. The fourth-order valence-electron chi connectivity index (χ4n) is 2.74. The van der Waals surface area contributed by atoms with Gasteiger partial charge in [-0.15, -0.1) is 10.2 Å². The molecular formula is C21H23N3O5S. The summed E-state index contributed by atoms with van der Waals surface area (Å²) in [7, 11) is 3.09. The van der Waals surface area contributed by atoms with E-state index < -0.39 is 0 Å². The van der Waals surface area contributed by atoms with Crippen LogP contribution in [0.25, 0.3) is 0 Å². The molecular weight excluding hydrogens is 406 g/mol. The Hall–Kier alpha value is -3.20. The molecule has 0 bridgehead atoms. The van der Waals surface area contributed by atoms with E-state index in [4.69, 9.17) is 18.6 Å². The van der Waals surface area contributed by atoms with Crippen LogP contribution in [0.3, 0.4) is 0 Å². The monoisotopic (exact) mass is 429 g/mol. The number of thioether (sulfide) groups is 1. The molecule has 8 nitrogen and oxygen atoms in total. The third kappa shape index (κ3) is 5.90. The molecule has 158 valence electrons. The molecule has 3 rings (SSSR count). The lowest BCUT2D eigenvalue weighted by atomic mass is 10.1. The Morgan fingerprint density at radius 1 is 1.03 bits per heavy atom. The summed E-state index contributed by atoms with van der Waals surface area (Å²) >= 11 is 1.14. The minimum Gasteiger partial charge on any atom is -0.497 e. The third-order valence-electron chi connectivity index (χ3n) is 4.01. The molecule has 0 aliphatic heterocycles. The van der Waals surface area contributed by atoms with Crippen LogP contribution in [0.4, 0.5) is 5.69 Å². The number of ether oxygens (including phenoxy) is 3. The highest BCUT2D eigenvalue weighted by Gasteiger charge is 2.13. The molecule has 0 saturated carbocycles. The van der Waals surface area contributed by atoms with Crippen molar-refractivity contribution in [2.24, 2.45) is 0 Å². The molecule has 0 unspecified atom stereocenters. The lowest BCUT2D eigenvalue weighted by molar-refractivity contribution is -0.113. The first kappa shape index (κ1) is 21.5. The average Bonchev–Trinajstić information content (AvgIpc) is 3.18. The van der Waals surface area contributed by atoms with Crippen LogP contribution in [-0.4, -0.2) is 36.1 Å². The molecule has 2 aromatic carbocycles. The van der Waals surface area contributed by atoms with Crippen LogP contribution in [0.15, 0.2) is 46.0 Å². The van der Waals surface area contributed by atoms with Gasteiger partial charge in [-0.3, -0.25) is 4.79 Å². The first-order valence-electron chi connectivity index (χ1n) is 9.15. The molecule has 30 heavy (non-hydrogen) atoms. The van der Waals surface area contributed by atoms with E-state index in [1.807, 2.05) is 26.0 Å². The maximum absolute atomic E-state index is 12.3. The summed E-state index contributed by atoms with van der Waals surface area (Å²) in [5.41, 5.74) is 2.76. The smallest absolute Gasteiger partial charge is 0.277 e. The van der Waals surface area contributed by atoms with Gasteiger partial charge in [-0.05, 0) is 49.2 Å². The van der Waals surface area contributed by atoms with E-state index in [1.165, 1.54) is 7.11 Å². The number of amides is 1. The predicted octanol–water partition coefficient (Wildman–Crippen LogP) is 4.01. The molecule has 0 saturated heterocycles. The fraction of sp³-hybridized carbons (Fsp3) is 0.286. The van der Waals surface area contributed by atoms with Crippen molar-refractivity contribution < 1.29 is 23.4 Å². The van der Waals surface area contributed by atoms with Crippen molar-refractivity contribution in [1.82, 2.24) is 10.2 Å². The van der Waals surface area contributed by atoms with Gasteiger partial charge in [0.2, 0.25) is 5.91 Å². The number of carbonyl (C=O) groups is 1. The number of rotatable bonds is 9. The minimum atomic E-state index is -0.238. The largest absolute Gasteiger partial charge is 0.497 e. The quantitative estimate of drug-likeness (QED) is 0.510. The van der Waals surface area contributed by atoms with Gasteiger partial charge >= 0.3 is 0 Å². The highest BCUT2D eigenvalue weighted by atomic mass is 32.2. The van der Waals surface area contributed by atoms with Crippen molar-refractivity contribution in [3.05, 3.63) is 53.4 Å². The SMILES string of the molecule is COc1ccc(OC)c(NC(=O)CSc2nnc(COc3cc(C)cc(C)c3)o2)c1. The van der Waals surface area contributed by atoms with Gasteiger partial charge in [-0.1, -0.05) is 17.8 Å². The van der Waals surface area contributed by atoms with Crippen LogP contribution in [0.5, 0.6) is 17.2 Å². The number of nitrogens with one attached hydrogen (secondary N) is 1. The average molecular weight is 429 g/mol. The molecule has 0 aliphatic rings. The van der Waals surface area contributed by atoms with Gasteiger partial charge in [-0.25, -0.2) is 0 Å². The molecule has 0 aliphatic carbocycles. The predicted molar refractivity (Wildman–Crippen MR) is 113 cm³/mol. The molecule has 0 atom stereocenters. The van der Waals surface area contributed by atoms with Crippen molar-refractivity contribution in [3.63, 3.8) is 0 Å². The van der Waals surface area contributed by atoms with Crippen molar-refractivity contribution in [2.75, 3.05) is 25.3 Å². The maximum atomic E-state index is 12.3. The van der Waals surface area contributed by atoms with Crippen LogP contribution >= 0.6 is 11.8 Å². The zero-order valence-corrected chi connectivity index (χ0v) is 18.0. The summed E-state index contributed by atoms with van der Waals surface area (Å²) in [6, 6.07) is 11.1. The number of anilines is 1. The van der Waals surface area contributed by atoms with Gasteiger partial charge in [0.05, 0.1) is 25.7 Å². The van der Waals surface area contributed by atoms with E-state index in [2.05, 4.69) is 21.6 Å². The zero-order chi connectivity index (χ0) is 21.5. The van der Waals surface area contributed by atoms with Crippen LogP contribution in [0, 0.1) is 13.8 Å². The number of benzene rings is 2. The summed E-state index contributed by atoms with van der Waals surface area (Å²) in [5.74, 6) is 2.10. The number of hydrogen-bond donors (Lipinski definition) is 1. The molecule has 9 heteroatoms. The summed E-state index contributed by atoms with van der Waals surface area (Å²) < 4.78 is 21.7. The lowest BCUT2D eigenvalue weighted by Gasteiger charge is -2.11. The van der Waals surface area contributed by atoms with Gasteiger partial charge < -0.3 is 23.9 Å². The first-order chi connectivity index (χ1) is 14.5. The van der Waals surface area contributed by atoms with Gasteiger partial charge in [0.25, 0.3) is 11.1 Å². The second-order valence-electron chi connectivity index (χ2n) is 6.48. The molecule has 1 heterocycles. The van der Waals surface area contributed by atoms with Crippen LogP contribution in [0.2, 0.25) is 0 Å². The first-order valence-corrected chi connectivity index (χ1v) is 10.1. The Balaban J connectivity index is 1.52. The molecule has 1 N–H and O–H groups in total. The van der Waals surface area contributed by atoms with Crippen molar-refractivity contribution in [2.45, 2.75) is 25.7 Å². The van der Waals surface area contributed by atoms with E-state index in [-0.39, 0.29) is 18.3 Å². The van der Waals surface area contributed by atoms with Gasteiger partial charge in [0.1, 0.15) is 17.2 Å². The third-order valence-corrected chi connectivity index (χ3v) is 4.83. The highest BCUT2D eigenvalue weighted by Crippen LogP contribution is 2.29. The highest BCUT2D eigenvalue weighted by molar-refractivity contribution is 7.99. The second-order valence-corrected chi connectivity index (χ2v) is 7.40. The zero-order valence-electron chi connectivity index (χ0n) is 17.2. The molecule has 0 fully saturated rings. The van der Waals surface area contributed by atoms with Crippen LogP contribution in [-0.2, 0) is 11.4 Å². The van der Waals surface area contributed by atoms with E-state index in [9.17, 15) is 4.79 Å². The molecule has 0 radical (unpaired) electrons. The Labute approximate surface area is 178 Å². The van der Waals surface area contributed by atoms with Gasteiger partial charge in [-0.2, -0.15) is 0 Å². The normalized spacial score (nSPS) is 10.5. The lowest BCUT2D eigenvalue weighted by Crippen LogP contribution is -2.14. The summed E-state index contributed by atoms with van der Waals surface area (Å²) in [6.07, 6.45) is 0. The van der Waals surface area contributed by atoms with E-state index in [1.54, 1.807) is 25.3 Å². The standard InChI is InChI=1S/C21H23N3O5S/c1-13-7-14(2)9-16(8-13)28-11-20-23-24-21(29-20)30-12-19(25)22-17-10-15(26-3)5-6-18(17)27-4/h5-10H,11-12H2,1-4H3,(H,22,25).